The molecule has 0 saturated heterocycles. The van der Waals surface area contributed by atoms with Gasteiger partial charge in [-0.05, 0) is 31.4 Å². The van der Waals surface area contributed by atoms with Crippen LogP contribution in [0, 0.1) is 0 Å². The molecule has 0 bridgehead atoms. The molecule has 1 aromatic carbocycles. The van der Waals surface area contributed by atoms with Gasteiger partial charge in [0.1, 0.15) is 12.4 Å². The van der Waals surface area contributed by atoms with Gasteiger partial charge in [-0.2, -0.15) is 0 Å². The maximum atomic E-state index is 12.3. The van der Waals surface area contributed by atoms with Gasteiger partial charge in [0.25, 0.3) is 5.91 Å². The number of nitrogens with zero attached hydrogens (tertiary/aromatic N) is 1. The first-order valence-corrected chi connectivity index (χ1v) is 6.45. The Balaban J connectivity index is 1.99. The number of fused-ring (bicyclic) bond motifs is 1. The monoisotopic (exact) mass is 249 g/mol. The molecule has 4 heteroatoms. The minimum absolute atomic E-state index is 0.0482. The molecule has 1 aliphatic heterocycles. The Morgan fingerprint density at radius 2 is 2.06 bits per heavy atom. The Kier molecular flexibility index (Phi) is 4.59. The Morgan fingerprint density at radius 3 is 2.89 bits per heavy atom. The van der Waals surface area contributed by atoms with Crippen LogP contribution in [-0.4, -0.2) is 42.2 Å². The van der Waals surface area contributed by atoms with Crippen LogP contribution < -0.4 is 4.74 Å². The summed E-state index contributed by atoms with van der Waals surface area (Å²) in [5.41, 5.74) is 0.650. The molecule has 1 heterocycles. The van der Waals surface area contributed by atoms with Gasteiger partial charge in [-0.15, -0.1) is 0 Å². The number of unbranched alkanes of at least 4 members (excludes halogenated alkanes) is 2. The fraction of sp³-hybridized carbons (Fsp3) is 0.500. The number of ether oxygens (including phenoxy) is 1. The molecule has 1 aliphatic rings. The highest BCUT2D eigenvalue weighted by molar-refractivity contribution is 5.97. The zero-order valence-electron chi connectivity index (χ0n) is 10.5. The van der Waals surface area contributed by atoms with Gasteiger partial charge >= 0.3 is 0 Å². The van der Waals surface area contributed by atoms with Crippen LogP contribution in [0.5, 0.6) is 5.75 Å². The molecule has 0 aliphatic carbocycles. The van der Waals surface area contributed by atoms with Crippen molar-refractivity contribution in [3.05, 3.63) is 29.8 Å². The zero-order valence-corrected chi connectivity index (χ0v) is 10.5. The Bertz CT molecular complexity index is 406. The van der Waals surface area contributed by atoms with E-state index < -0.39 is 0 Å². The lowest BCUT2D eigenvalue weighted by Crippen LogP contribution is -2.33. The molecule has 1 amide bonds. The summed E-state index contributed by atoms with van der Waals surface area (Å²) in [4.78, 5) is 14.1. The normalized spacial score (nSPS) is 14.9. The fourth-order valence-corrected chi connectivity index (χ4v) is 2.11. The SMILES string of the molecule is O=C1c2ccccc2OCCN1CCCCCO. The van der Waals surface area contributed by atoms with E-state index in [9.17, 15) is 4.79 Å². The molecule has 0 aromatic heterocycles. The lowest BCUT2D eigenvalue weighted by atomic mass is 10.1. The van der Waals surface area contributed by atoms with E-state index in [1.54, 1.807) is 0 Å². The van der Waals surface area contributed by atoms with Crippen molar-refractivity contribution < 1.29 is 14.6 Å². The molecule has 0 saturated carbocycles. The standard InChI is InChI=1S/C14H19NO3/c16-10-5-1-4-8-15-9-11-18-13-7-3-2-6-12(13)14(15)17/h2-3,6-7,16H,1,4-5,8-11H2. The number of carbonyl (C=O) groups excluding carboxylic acids is 1. The predicted octanol–water partition coefficient (Wildman–Crippen LogP) is 1.68. The van der Waals surface area contributed by atoms with E-state index in [0.717, 1.165) is 25.8 Å². The summed E-state index contributed by atoms with van der Waals surface area (Å²) in [6.07, 6.45) is 2.67. The predicted molar refractivity (Wildman–Crippen MR) is 68.8 cm³/mol. The summed E-state index contributed by atoms with van der Waals surface area (Å²) in [5.74, 6) is 0.729. The summed E-state index contributed by atoms with van der Waals surface area (Å²) < 4.78 is 5.57. The average Bonchev–Trinajstić information content (AvgIpc) is 2.56. The molecule has 18 heavy (non-hydrogen) atoms. The van der Waals surface area contributed by atoms with Crippen LogP contribution in [0.4, 0.5) is 0 Å². The Morgan fingerprint density at radius 1 is 1.22 bits per heavy atom. The average molecular weight is 249 g/mol. The molecular weight excluding hydrogens is 230 g/mol. The largest absolute Gasteiger partial charge is 0.491 e. The third-order valence-corrected chi connectivity index (χ3v) is 3.11. The smallest absolute Gasteiger partial charge is 0.257 e. The van der Waals surface area contributed by atoms with Gasteiger partial charge in [-0.3, -0.25) is 4.79 Å². The number of para-hydroxylation sites is 1. The molecule has 0 unspecified atom stereocenters. The molecule has 0 fully saturated rings. The summed E-state index contributed by atoms with van der Waals surface area (Å²) in [7, 11) is 0. The van der Waals surface area contributed by atoms with Crippen LogP contribution in [0.1, 0.15) is 29.6 Å². The molecule has 1 aromatic rings. The van der Waals surface area contributed by atoms with Crippen molar-refractivity contribution >= 4 is 5.91 Å². The van der Waals surface area contributed by atoms with Crippen molar-refractivity contribution in [2.75, 3.05) is 26.3 Å². The van der Waals surface area contributed by atoms with Gasteiger partial charge < -0.3 is 14.7 Å². The Labute approximate surface area is 107 Å². The molecule has 1 N–H and O–H groups in total. The van der Waals surface area contributed by atoms with Gasteiger partial charge in [0, 0.05) is 13.2 Å². The first kappa shape index (κ1) is 12.9. The molecule has 98 valence electrons. The second-order valence-electron chi connectivity index (χ2n) is 4.42. The minimum Gasteiger partial charge on any atom is -0.491 e. The summed E-state index contributed by atoms with van der Waals surface area (Å²) >= 11 is 0. The van der Waals surface area contributed by atoms with Crippen LogP contribution >= 0.6 is 0 Å². The third-order valence-electron chi connectivity index (χ3n) is 3.11. The van der Waals surface area contributed by atoms with E-state index in [1.165, 1.54) is 0 Å². The zero-order chi connectivity index (χ0) is 12.8. The summed E-state index contributed by atoms with van der Waals surface area (Å²) in [6, 6.07) is 7.38. The van der Waals surface area contributed by atoms with E-state index in [0.29, 0.717) is 24.5 Å². The van der Waals surface area contributed by atoms with Crippen molar-refractivity contribution in [3.8, 4) is 5.75 Å². The second-order valence-corrected chi connectivity index (χ2v) is 4.42. The topological polar surface area (TPSA) is 49.8 Å². The van der Waals surface area contributed by atoms with Crippen LogP contribution in [0.25, 0.3) is 0 Å². The van der Waals surface area contributed by atoms with Crippen molar-refractivity contribution in [1.82, 2.24) is 4.90 Å². The molecule has 0 spiro atoms. The summed E-state index contributed by atoms with van der Waals surface area (Å²) in [6.45, 7) is 2.13. The number of aliphatic hydroxyl groups excluding tert-OH is 1. The van der Waals surface area contributed by atoms with Crippen LogP contribution in [-0.2, 0) is 0 Å². The van der Waals surface area contributed by atoms with Crippen molar-refractivity contribution in [1.29, 1.82) is 0 Å². The first-order chi connectivity index (χ1) is 8.83. The number of amides is 1. The minimum atomic E-state index is 0.0482. The second kappa shape index (κ2) is 6.40. The van der Waals surface area contributed by atoms with Crippen LogP contribution in [0.3, 0.4) is 0 Å². The van der Waals surface area contributed by atoms with Crippen molar-refractivity contribution in [2.24, 2.45) is 0 Å². The highest BCUT2D eigenvalue weighted by atomic mass is 16.5. The highest BCUT2D eigenvalue weighted by Crippen LogP contribution is 2.22. The third kappa shape index (κ3) is 3.01. The number of hydrogen-bond acceptors (Lipinski definition) is 3. The van der Waals surface area contributed by atoms with Gasteiger partial charge in [0.2, 0.25) is 0 Å². The van der Waals surface area contributed by atoms with E-state index in [4.69, 9.17) is 9.84 Å². The number of benzene rings is 1. The quantitative estimate of drug-likeness (QED) is 0.808. The number of hydrogen-bond donors (Lipinski definition) is 1. The van der Waals surface area contributed by atoms with E-state index in [1.807, 2.05) is 29.2 Å². The lowest BCUT2D eigenvalue weighted by Gasteiger charge is -2.19. The molecule has 2 rings (SSSR count). The van der Waals surface area contributed by atoms with Gasteiger partial charge in [0.05, 0.1) is 12.1 Å². The maximum absolute atomic E-state index is 12.3. The molecule has 0 radical (unpaired) electrons. The van der Waals surface area contributed by atoms with E-state index in [-0.39, 0.29) is 12.5 Å². The molecule has 4 nitrogen and oxygen atoms in total. The van der Waals surface area contributed by atoms with Gasteiger partial charge in [-0.1, -0.05) is 12.1 Å². The maximum Gasteiger partial charge on any atom is 0.257 e. The molecular formula is C14H19NO3. The number of rotatable bonds is 5. The van der Waals surface area contributed by atoms with Gasteiger partial charge in [-0.25, -0.2) is 0 Å². The van der Waals surface area contributed by atoms with E-state index in [2.05, 4.69) is 0 Å². The lowest BCUT2D eigenvalue weighted by molar-refractivity contribution is 0.0752. The van der Waals surface area contributed by atoms with Crippen LogP contribution in [0.2, 0.25) is 0 Å². The fourth-order valence-electron chi connectivity index (χ4n) is 2.11. The number of aliphatic hydroxyl groups is 1. The number of carbonyl (C=O) groups is 1. The van der Waals surface area contributed by atoms with Crippen molar-refractivity contribution in [3.63, 3.8) is 0 Å². The van der Waals surface area contributed by atoms with Gasteiger partial charge in [0.15, 0.2) is 0 Å². The van der Waals surface area contributed by atoms with Crippen LogP contribution in [0.15, 0.2) is 24.3 Å². The van der Waals surface area contributed by atoms with E-state index >= 15 is 0 Å². The Hall–Kier alpha value is -1.55. The first-order valence-electron chi connectivity index (χ1n) is 6.45. The molecule has 0 atom stereocenters. The highest BCUT2D eigenvalue weighted by Gasteiger charge is 2.22. The van der Waals surface area contributed by atoms with Crippen molar-refractivity contribution in [2.45, 2.75) is 19.3 Å². The summed E-state index contributed by atoms with van der Waals surface area (Å²) in [5, 5.41) is 8.73.